The average molecular weight is 295 g/mol. The fraction of sp³-hybridized carbons (Fsp3) is 0.600. The molecule has 0 bridgehead atoms. The predicted octanol–water partition coefficient (Wildman–Crippen LogP) is 3.08. The second-order valence-electron chi connectivity index (χ2n) is 5.44. The molecule has 0 saturated heterocycles. The first kappa shape index (κ1) is 16.8. The number of aryl methyl sites for hydroxylation is 1. The van der Waals surface area contributed by atoms with Gasteiger partial charge in [-0.15, -0.1) is 0 Å². The van der Waals surface area contributed by atoms with Crippen LogP contribution >= 0.6 is 11.8 Å². The minimum atomic E-state index is -0.0711. The number of nitrogens with one attached hydrogen (secondary N) is 2. The largest absolute Gasteiger partial charge is 0.384 e. The van der Waals surface area contributed by atoms with Crippen molar-refractivity contribution in [2.75, 3.05) is 24.7 Å². The number of hydrogen-bond acceptors (Lipinski definition) is 4. The van der Waals surface area contributed by atoms with E-state index in [0.29, 0.717) is 12.1 Å². The Morgan fingerprint density at radius 3 is 2.75 bits per heavy atom. The third kappa shape index (κ3) is 5.04. The van der Waals surface area contributed by atoms with E-state index in [0.717, 1.165) is 24.3 Å². The van der Waals surface area contributed by atoms with Gasteiger partial charge in [0.05, 0.1) is 11.3 Å². The van der Waals surface area contributed by atoms with E-state index >= 15 is 0 Å². The van der Waals surface area contributed by atoms with Crippen LogP contribution in [0.2, 0.25) is 0 Å². The molecule has 1 aromatic heterocycles. The molecule has 20 heavy (non-hydrogen) atoms. The lowest BCUT2D eigenvalue weighted by Gasteiger charge is -2.22. The summed E-state index contributed by atoms with van der Waals surface area (Å²) in [4.78, 5) is 16.5. The number of rotatable bonds is 7. The molecule has 0 atom stereocenters. The fourth-order valence-electron chi connectivity index (χ4n) is 1.61. The standard InChI is InChI=1S/C15H25N3OS/c1-6-7-16-13-8-11(2)17-9-12(13)14(19)18-10-15(3,4)20-5/h8-9H,6-7,10H2,1-5H3,(H,16,17)(H,18,19). The van der Waals surface area contributed by atoms with Gasteiger partial charge >= 0.3 is 0 Å². The molecule has 0 aliphatic heterocycles. The Balaban J connectivity index is 2.81. The van der Waals surface area contributed by atoms with E-state index in [1.807, 2.05) is 19.2 Å². The van der Waals surface area contributed by atoms with Crippen LogP contribution in [0.25, 0.3) is 0 Å². The third-order valence-electron chi connectivity index (χ3n) is 3.08. The number of carbonyl (C=O) groups is 1. The second-order valence-corrected chi connectivity index (χ2v) is 6.96. The number of nitrogens with zero attached hydrogens (tertiary/aromatic N) is 1. The smallest absolute Gasteiger partial charge is 0.255 e. The van der Waals surface area contributed by atoms with Crippen molar-refractivity contribution in [1.82, 2.24) is 10.3 Å². The highest BCUT2D eigenvalue weighted by atomic mass is 32.2. The predicted molar refractivity (Wildman–Crippen MR) is 87.7 cm³/mol. The number of aromatic nitrogens is 1. The number of carbonyl (C=O) groups excluding carboxylic acids is 1. The molecule has 0 unspecified atom stereocenters. The molecule has 1 aromatic rings. The molecule has 1 rings (SSSR count). The second kappa shape index (κ2) is 7.53. The number of hydrogen-bond donors (Lipinski definition) is 2. The third-order valence-corrected chi connectivity index (χ3v) is 4.33. The van der Waals surface area contributed by atoms with Crippen LogP contribution in [0, 0.1) is 6.92 Å². The van der Waals surface area contributed by atoms with Gasteiger partial charge in [0.15, 0.2) is 0 Å². The van der Waals surface area contributed by atoms with Gasteiger partial charge in [0.1, 0.15) is 0 Å². The number of anilines is 1. The first-order chi connectivity index (χ1) is 9.39. The molecule has 0 saturated carbocycles. The zero-order chi connectivity index (χ0) is 15.2. The minimum absolute atomic E-state index is 0.0325. The Morgan fingerprint density at radius 2 is 2.15 bits per heavy atom. The summed E-state index contributed by atoms with van der Waals surface area (Å²) in [7, 11) is 0. The molecule has 1 heterocycles. The van der Waals surface area contributed by atoms with E-state index in [1.54, 1.807) is 18.0 Å². The summed E-state index contributed by atoms with van der Waals surface area (Å²) in [6.45, 7) is 9.73. The van der Waals surface area contributed by atoms with Crippen molar-refractivity contribution in [2.45, 2.75) is 38.9 Å². The van der Waals surface area contributed by atoms with E-state index < -0.39 is 0 Å². The van der Waals surface area contributed by atoms with Crippen molar-refractivity contribution in [1.29, 1.82) is 0 Å². The normalized spacial score (nSPS) is 11.2. The van der Waals surface area contributed by atoms with Crippen LogP contribution in [0.15, 0.2) is 12.3 Å². The van der Waals surface area contributed by atoms with Crippen LogP contribution in [-0.2, 0) is 0 Å². The Bertz CT molecular complexity index is 460. The lowest BCUT2D eigenvalue weighted by molar-refractivity contribution is 0.0951. The van der Waals surface area contributed by atoms with Crippen LogP contribution in [0.3, 0.4) is 0 Å². The van der Waals surface area contributed by atoms with Crippen molar-refractivity contribution >= 4 is 23.4 Å². The van der Waals surface area contributed by atoms with Crippen LogP contribution in [0.4, 0.5) is 5.69 Å². The summed E-state index contributed by atoms with van der Waals surface area (Å²) in [5.41, 5.74) is 2.38. The molecular weight excluding hydrogens is 270 g/mol. The number of thioether (sulfide) groups is 1. The topological polar surface area (TPSA) is 54.0 Å². The molecule has 112 valence electrons. The number of amides is 1. The highest BCUT2D eigenvalue weighted by Crippen LogP contribution is 2.20. The van der Waals surface area contributed by atoms with Gasteiger partial charge < -0.3 is 10.6 Å². The summed E-state index contributed by atoms with van der Waals surface area (Å²) in [6.07, 6.45) is 4.71. The van der Waals surface area contributed by atoms with Gasteiger partial charge in [-0.3, -0.25) is 9.78 Å². The fourth-order valence-corrected chi connectivity index (χ4v) is 1.82. The quantitative estimate of drug-likeness (QED) is 0.811. The van der Waals surface area contributed by atoms with Crippen molar-refractivity contribution in [3.05, 3.63) is 23.5 Å². The molecule has 0 aliphatic carbocycles. The van der Waals surface area contributed by atoms with Crippen molar-refractivity contribution in [3.8, 4) is 0 Å². The lowest BCUT2D eigenvalue weighted by Crippen LogP contribution is -2.36. The maximum absolute atomic E-state index is 12.3. The van der Waals surface area contributed by atoms with Crippen molar-refractivity contribution < 1.29 is 4.79 Å². The van der Waals surface area contributed by atoms with E-state index in [2.05, 4.69) is 36.4 Å². The monoisotopic (exact) mass is 295 g/mol. The zero-order valence-electron chi connectivity index (χ0n) is 13.0. The summed E-state index contributed by atoms with van der Waals surface area (Å²) < 4.78 is 0.0325. The maximum Gasteiger partial charge on any atom is 0.255 e. The van der Waals surface area contributed by atoms with Crippen LogP contribution < -0.4 is 10.6 Å². The van der Waals surface area contributed by atoms with E-state index in [9.17, 15) is 4.79 Å². The van der Waals surface area contributed by atoms with Crippen LogP contribution in [0.1, 0.15) is 43.2 Å². The SMILES string of the molecule is CCCNc1cc(C)ncc1C(=O)NCC(C)(C)SC. The van der Waals surface area contributed by atoms with E-state index in [-0.39, 0.29) is 10.7 Å². The van der Waals surface area contributed by atoms with Gasteiger partial charge in [0.2, 0.25) is 0 Å². The van der Waals surface area contributed by atoms with Gasteiger partial charge in [-0.1, -0.05) is 6.92 Å². The van der Waals surface area contributed by atoms with Crippen molar-refractivity contribution in [3.63, 3.8) is 0 Å². The number of pyridine rings is 1. The molecule has 1 amide bonds. The summed E-state index contributed by atoms with van der Waals surface area (Å²) in [5, 5.41) is 6.28. The molecular formula is C15H25N3OS. The molecule has 0 aliphatic rings. The Morgan fingerprint density at radius 1 is 1.45 bits per heavy atom. The first-order valence-corrected chi connectivity index (χ1v) is 8.16. The van der Waals surface area contributed by atoms with Gasteiger partial charge in [0, 0.05) is 29.7 Å². The minimum Gasteiger partial charge on any atom is -0.384 e. The maximum atomic E-state index is 12.3. The average Bonchev–Trinajstić information content (AvgIpc) is 2.42. The van der Waals surface area contributed by atoms with Gasteiger partial charge in [-0.05, 0) is 39.5 Å². The van der Waals surface area contributed by atoms with Crippen LogP contribution in [-0.4, -0.2) is 35.0 Å². The first-order valence-electron chi connectivity index (χ1n) is 6.93. The molecule has 4 nitrogen and oxygen atoms in total. The van der Waals surface area contributed by atoms with Gasteiger partial charge in [-0.2, -0.15) is 11.8 Å². The van der Waals surface area contributed by atoms with Crippen LogP contribution in [0.5, 0.6) is 0 Å². The molecule has 0 aromatic carbocycles. The van der Waals surface area contributed by atoms with Gasteiger partial charge in [0.25, 0.3) is 5.91 Å². The summed E-state index contributed by atoms with van der Waals surface area (Å²) >= 11 is 1.74. The Hall–Kier alpha value is -1.23. The lowest BCUT2D eigenvalue weighted by atomic mass is 10.1. The highest BCUT2D eigenvalue weighted by molar-refractivity contribution is 7.99. The molecule has 5 heteroatoms. The zero-order valence-corrected chi connectivity index (χ0v) is 13.9. The highest BCUT2D eigenvalue weighted by Gasteiger charge is 2.19. The molecule has 0 radical (unpaired) electrons. The summed E-state index contributed by atoms with van der Waals surface area (Å²) in [6, 6.07) is 1.92. The van der Waals surface area contributed by atoms with E-state index in [4.69, 9.17) is 0 Å². The van der Waals surface area contributed by atoms with Gasteiger partial charge in [-0.25, -0.2) is 0 Å². The van der Waals surface area contributed by atoms with E-state index in [1.165, 1.54) is 0 Å². The molecule has 0 fully saturated rings. The summed E-state index contributed by atoms with van der Waals surface area (Å²) in [5.74, 6) is -0.0711. The molecule has 0 spiro atoms. The Labute approximate surface area is 126 Å². The van der Waals surface area contributed by atoms with Crippen molar-refractivity contribution in [2.24, 2.45) is 0 Å². The molecule has 2 N–H and O–H groups in total. The Kier molecular flexibility index (Phi) is 6.33.